The van der Waals surface area contributed by atoms with Crippen molar-refractivity contribution in [2.75, 3.05) is 14.7 Å². The molecule has 10 aromatic carbocycles. The quantitative estimate of drug-likeness (QED) is 0.154. The van der Waals surface area contributed by atoms with Gasteiger partial charge in [0, 0.05) is 50.4 Å². The van der Waals surface area contributed by atoms with Gasteiger partial charge in [0.1, 0.15) is 0 Å². The lowest BCUT2D eigenvalue weighted by atomic mass is 9.82. The molecule has 3 heterocycles. The summed E-state index contributed by atoms with van der Waals surface area (Å²) in [5.74, 6) is 0. The van der Waals surface area contributed by atoms with Crippen LogP contribution in [0.4, 0.5) is 34.1 Å². The molecule has 0 saturated heterocycles. The van der Waals surface area contributed by atoms with Crippen molar-refractivity contribution < 1.29 is 0 Å². The average molecular weight is 902 g/mol. The van der Waals surface area contributed by atoms with E-state index in [0.29, 0.717) is 0 Å². The van der Waals surface area contributed by atoms with Gasteiger partial charge in [-0.1, -0.05) is 130 Å². The molecule has 16 rings (SSSR count). The number of hydrogen-bond donors (Lipinski definition) is 0. The van der Waals surface area contributed by atoms with Crippen molar-refractivity contribution in [3.8, 4) is 33.4 Å². The standard InChI is InChI=1S/C67H55N3/c1-62-38-65(62,4)68(45-16-10-7-11-17-45)57-31-24-42(34-54(57)62)48-27-22-41-23-28-50-52(43-25-32-58-55(35-43)63(2)39-66(63,5)69(58)46-18-12-8-13-19-46)37-53(51-30-29-49(48)60(41)61(50)51)44-26-33-59-56(36-44)64(3)40-67(64,6)70(59)47-20-14-9-15-21-47/h7-37H,38-40H2,1-6H3. The maximum Gasteiger partial charge on any atom is 0.0528 e. The smallest absolute Gasteiger partial charge is 0.0528 e. The lowest BCUT2D eigenvalue weighted by Crippen LogP contribution is -2.30. The first-order valence-corrected chi connectivity index (χ1v) is 25.6. The molecule has 3 fully saturated rings. The lowest BCUT2D eigenvalue weighted by Gasteiger charge is -2.29. The van der Waals surface area contributed by atoms with Crippen LogP contribution in [0, 0.1) is 0 Å². The predicted octanol–water partition coefficient (Wildman–Crippen LogP) is 17.3. The van der Waals surface area contributed by atoms with Gasteiger partial charge in [-0.3, -0.25) is 0 Å². The third-order valence-electron chi connectivity index (χ3n) is 20.0. The zero-order valence-corrected chi connectivity index (χ0v) is 40.9. The Morgan fingerprint density at radius 1 is 0.314 bits per heavy atom. The molecule has 3 saturated carbocycles. The van der Waals surface area contributed by atoms with E-state index in [1.165, 1.54) is 117 Å². The maximum absolute atomic E-state index is 2.63. The Hall–Kier alpha value is -7.36. The van der Waals surface area contributed by atoms with Crippen molar-refractivity contribution in [3.63, 3.8) is 0 Å². The first-order chi connectivity index (χ1) is 33.9. The fourth-order valence-electron chi connectivity index (χ4n) is 15.5. The van der Waals surface area contributed by atoms with E-state index in [1.807, 2.05) is 0 Å². The number of benzene rings is 10. The minimum absolute atomic E-state index is 0.0535. The highest BCUT2D eigenvalue weighted by Crippen LogP contribution is 2.73. The molecule has 6 unspecified atom stereocenters. The van der Waals surface area contributed by atoms with Crippen molar-refractivity contribution in [2.24, 2.45) is 0 Å². The van der Waals surface area contributed by atoms with Crippen LogP contribution in [0.5, 0.6) is 0 Å². The topological polar surface area (TPSA) is 9.72 Å². The van der Waals surface area contributed by atoms with E-state index in [-0.39, 0.29) is 32.9 Å². The molecule has 0 aromatic heterocycles. The van der Waals surface area contributed by atoms with Crippen LogP contribution < -0.4 is 14.7 Å². The largest absolute Gasteiger partial charge is 0.334 e. The Bertz CT molecular complexity index is 3800. The molecule has 6 aliphatic rings. The van der Waals surface area contributed by atoms with E-state index < -0.39 is 0 Å². The molecule has 0 N–H and O–H groups in total. The van der Waals surface area contributed by atoms with Gasteiger partial charge in [-0.05, 0) is 201 Å². The highest BCUT2D eigenvalue weighted by molar-refractivity contribution is 6.30. The molecule has 338 valence electrons. The molecule has 3 aliphatic heterocycles. The second-order valence-corrected chi connectivity index (χ2v) is 23.4. The van der Waals surface area contributed by atoms with E-state index in [2.05, 4.69) is 244 Å². The van der Waals surface area contributed by atoms with E-state index in [9.17, 15) is 0 Å². The second-order valence-electron chi connectivity index (χ2n) is 23.4. The van der Waals surface area contributed by atoms with Crippen molar-refractivity contribution in [1.29, 1.82) is 0 Å². The van der Waals surface area contributed by atoms with E-state index >= 15 is 0 Å². The number of anilines is 6. The molecular weight excluding hydrogens is 847 g/mol. The molecule has 10 aromatic rings. The number of rotatable bonds is 6. The summed E-state index contributed by atoms with van der Waals surface area (Å²) in [5, 5.41) is 7.99. The highest BCUT2D eigenvalue weighted by atomic mass is 15.3. The van der Waals surface area contributed by atoms with Gasteiger partial charge in [-0.2, -0.15) is 0 Å². The number of para-hydroxylation sites is 3. The Balaban J connectivity index is 0.916. The molecule has 3 heteroatoms. The molecule has 3 nitrogen and oxygen atoms in total. The van der Waals surface area contributed by atoms with Gasteiger partial charge in [-0.15, -0.1) is 0 Å². The number of hydrogen-bond acceptors (Lipinski definition) is 3. The molecule has 6 atom stereocenters. The van der Waals surface area contributed by atoms with Crippen LogP contribution in [-0.2, 0) is 16.2 Å². The summed E-state index contributed by atoms with van der Waals surface area (Å²) in [5.41, 5.74) is 20.5. The van der Waals surface area contributed by atoms with Gasteiger partial charge in [0.15, 0.2) is 0 Å². The molecule has 0 radical (unpaired) electrons. The van der Waals surface area contributed by atoms with Crippen molar-refractivity contribution in [2.45, 2.75) is 93.7 Å². The van der Waals surface area contributed by atoms with Crippen LogP contribution in [0.2, 0.25) is 0 Å². The van der Waals surface area contributed by atoms with E-state index in [1.54, 1.807) is 0 Å². The molecular formula is C67H55N3. The monoisotopic (exact) mass is 901 g/mol. The van der Waals surface area contributed by atoms with Gasteiger partial charge >= 0.3 is 0 Å². The normalized spacial score (nSPS) is 28.2. The van der Waals surface area contributed by atoms with Gasteiger partial charge < -0.3 is 14.7 Å². The van der Waals surface area contributed by atoms with Crippen molar-refractivity contribution in [3.05, 3.63) is 205 Å². The van der Waals surface area contributed by atoms with Gasteiger partial charge in [0.25, 0.3) is 0 Å². The van der Waals surface area contributed by atoms with Gasteiger partial charge in [0.2, 0.25) is 0 Å². The molecule has 0 spiro atoms. The Morgan fingerprint density at radius 3 is 1.06 bits per heavy atom. The van der Waals surface area contributed by atoms with Crippen LogP contribution >= 0.6 is 0 Å². The van der Waals surface area contributed by atoms with Crippen LogP contribution in [0.25, 0.3) is 65.7 Å². The Morgan fingerprint density at radius 2 is 0.657 bits per heavy atom. The number of nitrogens with zero attached hydrogens (tertiary/aromatic N) is 3. The first-order valence-electron chi connectivity index (χ1n) is 25.6. The van der Waals surface area contributed by atoms with E-state index in [4.69, 9.17) is 0 Å². The molecule has 3 aliphatic carbocycles. The summed E-state index contributed by atoms with van der Waals surface area (Å²) in [7, 11) is 0. The highest BCUT2D eigenvalue weighted by Gasteiger charge is 2.72. The summed E-state index contributed by atoms with van der Waals surface area (Å²) in [6.07, 6.45) is 3.46. The van der Waals surface area contributed by atoms with Crippen molar-refractivity contribution in [1.82, 2.24) is 0 Å². The summed E-state index contributed by atoms with van der Waals surface area (Å²) in [4.78, 5) is 7.87. The third kappa shape index (κ3) is 4.55. The molecule has 0 bridgehead atoms. The Labute approximate surface area is 411 Å². The zero-order valence-electron chi connectivity index (χ0n) is 40.9. The Kier molecular flexibility index (Phi) is 7.05. The number of fused-ring (bicyclic) bond motifs is 9. The fraction of sp³-hybridized carbons (Fsp3) is 0.224. The van der Waals surface area contributed by atoms with E-state index in [0.717, 1.165) is 19.3 Å². The zero-order chi connectivity index (χ0) is 46.9. The van der Waals surface area contributed by atoms with Crippen LogP contribution in [0.3, 0.4) is 0 Å². The fourth-order valence-corrected chi connectivity index (χ4v) is 15.5. The SMILES string of the molecule is CC12CC1(C)N(c1ccccc1)c1ccc(-c3ccc4ccc5c(-c6ccc7c(c6)C6(C)CC6(C)N7c6ccccc6)cc(-c6ccc7c(c6)C6(C)CC6(C)N7c6ccccc6)c6ccc3c4c56)cc12. The van der Waals surface area contributed by atoms with Gasteiger partial charge in [0.05, 0.1) is 16.6 Å². The molecule has 0 amide bonds. The summed E-state index contributed by atoms with van der Waals surface area (Å²) < 4.78 is 0. The van der Waals surface area contributed by atoms with Crippen LogP contribution in [-0.4, -0.2) is 16.6 Å². The van der Waals surface area contributed by atoms with Crippen LogP contribution in [0.1, 0.15) is 77.5 Å². The van der Waals surface area contributed by atoms with Gasteiger partial charge in [-0.25, -0.2) is 0 Å². The van der Waals surface area contributed by atoms with Crippen molar-refractivity contribution >= 4 is 66.4 Å². The minimum atomic E-state index is 0.0535. The second kappa shape index (κ2) is 12.5. The summed E-state index contributed by atoms with van der Waals surface area (Å²) in [6, 6.07) is 72.3. The minimum Gasteiger partial charge on any atom is -0.334 e. The third-order valence-corrected chi connectivity index (χ3v) is 20.0. The predicted molar refractivity (Wildman–Crippen MR) is 293 cm³/mol. The first kappa shape index (κ1) is 39.5. The lowest BCUT2D eigenvalue weighted by molar-refractivity contribution is 0.639. The maximum atomic E-state index is 2.63. The molecule has 70 heavy (non-hydrogen) atoms. The summed E-state index contributed by atoms with van der Waals surface area (Å²) in [6.45, 7) is 14.9. The summed E-state index contributed by atoms with van der Waals surface area (Å²) >= 11 is 0. The van der Waals surface area contributed by atoms with Crippen LogP contribution in [0.15, 0.2) is 188 Å². The average Bonchev–Trinajstić information content (AvgIpc) is 4.25.